The Balaban J connectivity index is 1.64. The van der Waals surface area contributed by atoms with Crippen LogP contribution < -0.4 is 0 Å². The molecule has 0 saturated heterocycles. The molecule has 7 nitrogen and oxygen atoms in total. The van der Waals surface area contributed by atoms with Crippen LogP contribution in [0.5, 0.6) is 0 Å². The number of hydrogen-bond donors (Lipinski definition) is 1. The first-order valence-corrected chi connectivity index (χ1v) is 6.30. The summed E-state index contributed by atoms with van der Waals surface area (Å²) in [5, 5.41) is 3.92. The molecule has 7 heteroatoms. The maximum Gasteiger partial charge on any atom is 0.272 e. The monoisotopic (exact) mass is 261 g/mol. The minimum Gasteiger partial charge on any atom is -0.341 e. The Morgan fingerprint density at radius 1 is 1.58 bits per heavy atom. The van der Waals surface area contributed by atoms with Crippen LogP contribution in [-0.2, 0) is 6.54 Å². The predicted octanol–water partition coefficient (Wildman–Crippen LogP) is 1.33. The Morgan fingerprint density at radius 2 is 2.42 bits per heavy atom. The van der Waals surface area contributed by atoms with Crippen LogP contribution in [0, 0.1) is 0 Å². The van der Waals surface area contributed by atoms with Gasteiger partial charge >= 0.3 is 0 Å². The molecule has 1 saturated carbocycles. The fraction of sp³-hybridized carbons (Fsp3) is 0.500. The Morgan fingerprint density at radius 3 is 3.05 bits per heavy atom. The summed E-state index contributed by atoms with van der Waals surface area (Å²) in [6.45, 7) is 0.327. The highest BCUT2D eigenvalue weighted by atomic mass is 16.5. The highest BCUT2D eigenvalue weighted by Gasteiger charge is 2.26. The summed E-state index contributed by atoms with van der Waals surface area (Å²) in [6, 6.07) is 0. The molecule has 1 amide bonds. The van der Waals surface area contributed by atoms with Gasteiger partial charge in [0.15, 0.2) is 5.82 Å². The van der Waals surface area contributed by atoms with Crippen molar-refractivity contribution in [3.05, 3.63) is 29.9 Å². The summed E-state index contributed by atoms with van der Waals surface area (Å²) in [6.07, 6.45) is 6.43. The van der Waals surface area contributed by atoms with E-state index in [2.05, 4.69) is 20.1 Å². The Bertz CT molecular complexity index is 558. The van der Waals surface area contributed by atoms with Gasteiger partial charge in [0, 0.05) is 13.0 Å². The summed E-state index contributed by atoms with van der Waals surface area (Å²) >= 11 is 0. The summed E-state index contributed by atoms with van der Waals surface area (Å²) in [7, 11) is 1.70. The summed E-state index contributed by atoms with van der Waals surface area (Å²) in [4.78, 5) is 24.5. The van der Waals surface area contributed by atoms with Crippen LogP contribution in [-0.4, -0.2) is 38.0 Å². The van der Waals surface area contributed by atoms with Crippen LogP contribution in [0.2, 0.25) is 0 Å². The van der Waals surface area contributed by atoms with Crippen LogP contribution in [0.25, 0.3) is 0 Å². The topological polar surface area (TPSA) is 87.9 Å². The molecular weight excluding hydrogens is 246 g/mol. The average Bonchev–Trinajstić information content (AvgIpc) is 2.97. The van der Waals surface area contributed by atoms with Crippen molar-refractivity contribution in [2.75, 3.05) is 7.05 Å². The van der Waals surface area contributed by atoms with E-state index < -0.39 is 0 Å². The van der Waals surface area contributed by atoms with Crippen molar-refractivity contribution in [2.45, 2.75) is 31.7 Å². The third-order valence-electron chi connectivity index (χ3n) is 3.39. The molecule has 2 aromatic heterocycles. The van der Waals surface area contributed by atoms with Crippen molar-refractivity contribution in [3.63, 3.8) is 0 Å². The Kier molecular flexibility index (Phi) is 3.02. The van der Waals surface area contributed by atoms with E-state index in [1.165, 1.54) is 23.8 Å². The fourth-order valence-corrected chi connectivity index (χ4v) is 2.02. The molecule has 0 bridgehead atoms. The molecule has 1 N–H and O–H groups in total. The van der Waals surface area contributed by atoms with Crippen LogP contribution in [0.15, 0.2) is 17.0 Å². The third kappa shape index (κ3) is 2.35. The number of aromatic nitrogens is 4. The van der Waals surface area contributed by atoms with Crippen molar-refractivity contribution >= 4 is 5.91 Å². The zero-order valence-corrected chi connectivity index (χ0v) is 10.7. The first-order valence-electron chi connectivity index (χ1n) is 6.30. The molecule has 100 valence electrons. The maximum absolute atomic E-state index is 12.0. The lowest BCUT2D eigenvalue weighted by atomic mass is 9.85. The lowest BCUT2D eigenvalue weighted by Crippen LogP contribution is -2.27. The van der Waals surface area contributed by atoms with Crippen LogP contribution in [0.1, 0.15) is 47.4 Å². The summed E-state index contributed by atoms with van der Waals surface area (Å²) in [5.74, 6) is 1.50. The number of imidazole rings is 1. The second-order valence-corrected chi connectivity index (χ2v) is 4.80. The summed E-state index contributed by atoms with van der Waals surface area (Å²) in [5.41, 5.74) is 0.449. The number of carbonyl (C=O) groups is 1. The molecule has 2 aromatic rings. The normalized spacial score (nSPS) is 15.2. The number of H-pyrrole nitrogens is 1. The van der Waals surface area contributed by atoms with Gasteiger partial charge in [0.2, 0.25) is 5.89 Å². The van der Waals surface area contributed by atoms with Gasteiger partial charge in [0.25, 0.3) is 5.91 Å². The van der Waals surface area contributed by atoms with E-state index in [9.17, 15) is 4.79 Å². The van der Waals surface area contributed by atoms with Gasteiger partial charge in [-0.2, -0.15) is 4.98 Å². The lowest BCUT2D eigenvalue weighted by Gasteiger charge is -2.20. The quantitative estimate of drug-likeness (QED) is 0.897. The molecule has 1 fully saturated rings. The molecule has 1 aliphatic rings. The third-order valence-corrected chi connectivity index (χ3v) is 3.39. The van der Waals surface area contributed by atoms with Crippen molar-refractivity contribution in [1.82, 2.24) is 25.0 Å². The van der Waals surface area contributed by atoms with Crippen molar-refractivity contribution < 1.29 is 9.32 Å². The van der Waals surface area contributed by atoms with E-state index in [0.29, 0.717) is 29.9 Å². The first kappa shape index (κ1) is 11.9. The lowest BCUT2D eigenvalue weighted by molar-refractivity contribution is 0.0775. The number of rotatable bonds is 4. The molecule has 0 aromatic carbocycles. The molecule has 0 spiro atoms. The minimum atomic E-state index is -0.146. The first-order chi connectivity index (χ1) is 9.24. The van der Waals surface area contributed by atoms with Gasteiger partial charge in [-0.15, -0.1) is 0 Å². The van der Waals surface area contributed by atoms with Gasteiger partial charge in [0.05, 0.1) is 19.1 Å². The minimum absolute atomic E-state index is 0.146. The molecule has 0 atom stereocenters. The van der Waals surface area contributed by atoms with Gasteiger partial charge in [-0.3, -0.25) is 4.79 Å². The van der Waals surface area contributed by atoms with Crippen LogP contribution in [0.3, 0.4) is 0 Å². The molecule has 0 unspecified atom stereocenters. The zero-order chi connectivity index (χ0) is 13.2. The predicted molar refractivity (Wildman–Crippen MR) is 65.3 cm³/mol. The number of nitrogens with zero attached hydrogens (tertiary/aromatic N) is 4. The fourth-order valence-electron chi connectivity index (χ4n) is 2.02. The van der Waals surface area contributed by atoms with Crippen molar-refractivity contribution in [1.29, 1.82) is 0 Å². The zero-order valence-electron chi connectivity index (χ0n) is 10.7. The maximum atomic E-state index is 12.0. The van der Waals surface area contributed by atoms with Gasteiger partial charge in [0.1, 0.15) is 5.69 Å². The van der Waals surface area contributed by atoms with Gasteiger partial charge in [-0.25, -0.2) is 4.98 Å². The second-order valence-electron chi connectivity index (χ2n) is 4.80. The molecule has 1 aliphatic carbocycles. The van der Waals surface area contributed by atoms with Gasteiger partial charge in [-0.1, -0.05) is 11.6 Å². The number of amides is 1. The standard InChI is InChI=1S/C12H15N5O2/c1-17(12(18)9-5-13-7-14-9)6-10-15-11(19-16-10)8-3-2-4-8/h5,7-8H,2-4,6H2,1H3,(H,13,14). The average molecular weight is 261 g/mol. The number of nitrogens with one attached hydrogen (secondary N) is 1. The number of carbonyl (C=O) groups excluding carboxylic acids is 1. The molecule has 3 rings (SSSR count). The van der Waals surface area contributed by atoms with E-state index in [0.717, 1.165) is 12.8 Å². The number of hydrogen-bond acceptors (Lipinski definition) is 5. The Labute approximate surface area is 110 Å². The number of aromatic amines is 1. The highest BCUT2D eigenvalue weighted by Crippen LogP contribution is 2.35. The summed E-state index contributed by atoms with van der Waals surface area (Å²) < 4.78 is 5.22. The largest absolute Gasteiger partial charge is 0.341 e. The van der Waals surface area contributed by atoms with E-state index in [1.807, 2.05) is 0 Å². The highest BCUT2D eigenvalue weighted by molar-refractivity contribution is 5.91. The molecular formula is C12H15N5O2. The van der Waals surface area contributed by atoms with E-state index in [1.54, 1.807) is 7.05 Å². The smallest absolute Gasteiger partial charge is 0.272 e. The van der Waals surface area contributed by atoms with Gasteiger partial charge in [-0.05, 0) is 12.8 Å². The van der Waals surface area contributed by atoms with Crippen molar-refractivity contribution in [2.24, 2.45) is 0 Å². The molecule has 19 heavy (non-hydrogen) atoms. The SMILES string of the molecule is CN(Cc1noc(C2CCC2)n1)C(=O)c1cnc[nH]1. The Hall–Kier alpha value is -2.18. The molecule has 0 radical (unpaired) electrons. The second kappa shape index (κ2) is 4.83. The van der Waals surface area contributed by atoms with E-state index in [-0.39, 0.29) is 5.91 Å². The molecule has 2 heterocycles. The van der Waals surface area contributed by atoms with Crippen molar-refractivity contribution in [3.8, 4) is 0 Å². The van der Waals surface area contributed by atoms with Crippen LogP contribution >= 0.6 is 0 Å². The van der Waals surface area contributed by atoms with E-state index >= 15 is 0 Å². The van der Waals surface area contributed by atoms with E-state index in [4.69, 9.17) is 4.52 Å². The van der Waals surface area contributed by atoms with Crippen LogP contribution in [0.4, 0.5) is 0 Å². The molecule has 0 aliphatic heterocycles. The van der Waals surface area contributed by atoms with Gasteiger partial charge < -0.3 is 14.4 Å².